The molecule has 0 spiro atoms. The standard InChI is InChI=1S/C16H16N4O3/c1-2-23-15(21)13-7-18-14(8-17-13)19-16(22)20-9-11-5-3-4-6-12(11)10-20/h3-8H,2,9-10H2,1H3,(H,18,19,22). The van der Waals surface area contributed by atoms with Gasteiger partial charge in [-0.25, -0.2) is 19.6 Å². The van der Waals surface area contributed by atoms with Crippen molar-refractivity contribution < 1.29 is 14.3 Å². The summed E-state index contributed by atoms with van der Waals surface area (Å²) < 4.78 is 4.83. The number of hydrogen-bond acceptors (Lipinski definition) is 5. The van der Waals surface area contributed by atoms with Crippen LogP contribution in [0.5, 0.6) is 0 Å². The minimum Gasteiger partial charge on any atom is -0.461 e. The molecule has 1 aliphatic rings. The van der Waals surface area contributed by atoms with E-state index in [-0.39, 0.29) is 18.3 Å². The topological polar surface area (TPSA) is 84.4 Å². The van der Waals surface area contributed by atoms with E-state index in [1.165, 1.54) is 12.4 Å². The maximum atomic E-state index is 12.3. The largest absolute Gasteiger partial charge is 0.461 e. The predicted octanol–water partition coefficient (Wildman–Crippen LogP) is 2.20. The van der Waals surface area contributed by atoms with Crippen molar-refractivity contribution in [3.05, 3.63) is 53.5 Å². The summed E-state index contributed by atoms with van der Waals surface area (Å²) in [6.07, 6.45) is 2.62. The average molecular weight is 312 g/mol. The van der Waals surface area contributed by atoms with Gasteiger partial charge in [-0.1, -0.05) is 24.3 Å². The number of esters is 1. The van der Waals surface area contributed by atoms with Gasteiger partial charge in [0.1, 0.15) is 0 Å². The lowest BCUT2D eigenvalue weighted by atomic mass is 10.1. The Morgan fingerprint density at radius 2 is 1.87 bits per heavy atom. The van der Waals surface area contributed by atoms with Gasteiger partial charge in [0, 0.05) is 13.1 Å². The lowest BCUT2D eigenvalue weighted by molar-refractivity contribution is 0.0519. The summed E-state index contributed by atoms with van der Waals surface area (Å²) in [6, 6.07) is 7.69. The number of urea groups is 1. The number of rotatable bonds is 3. The number of aromatic nitrogens is 2. The van der Waals surface area contributed by atoms with E-state index in [9.17, 15) is 9.59 Å². The summed E-state index contributed by atoms with van der Waals surface area (Å²) in [4.78, 5) is 33.4. The number of benzene rings is 1. The number of amides is 2. The van der Waals surface area contributed by atoms with Crippen LogP contribution in [0, 0.1) is 0 Å². The van der Waals surface area contributed by atoms with Gasteiger partial charge < -0.3 is 9.64 Å². The smallest absolute Gasteiger partial charge is 0.358 e. The molecule has 0 atom stereocenters. The minimum absolute atomic E-state index is 0.110. The summed E-state index contributed by atoms with van der Waals surface area (Å²) in [5, 5.41) is 2.68. The molecule has 2 heterocycles. The zero-order valence-electron chi connectivity index (χ0n) is 12.7. The highest BCUT2D eigenvalue weighted by Crippen LogP contribution is 2.22. The molecule has 7 nitrogen and oxygen atoms in total. The molecule has 0 radical (unpaired) electrons. The zero-order valence-corrected chi connectivity index (χ0v) is 12.7. The second-order valence-electron chi connectivity index (χ2n) is 5.06. The third-order valence-electron chi connectivity index (χ3n) is 3.50. The molecular formula is C16H16N4O3. The van der Waals surface area contributed by atoms with Crippen LogP contribution in [-0.2, 0) is 17.8 Å². The quantitative estimate of drug-likeness (QED) is 0.878. The molecular weight excluding hydrogens is 296 g/mol. The van der Waals surface area contributed by atoms with E-state index in [4.69, 9.17) is 4.74 Å². The monoisotopic (exact) mass is 312 g/mol. The van der Waals surface area contributed by atoms with Crippen LogP contribution in [-0.4, -0.2) is 33.5 Å². The molecule has 23 heavy (non-hydrogen) atoms. The highest BCUT2D eigenvalue weighted by molar-refractivity contribution is 5.89. The highest BCUT2D eigenvalue weighted by atomic mass is 16.5. The first-order chi connectivity index (χ1) is 11.2. The molecule has 118 valence electrons. The molecule has 0 saturated carbocycles. The molecule has 0 saturated heterocycles. The number of ether oxygens (including phenoxy) is 1. The molecule has 0 bridgehead atoms. The Labute approximate surface area is 133 Å². The Balaban J connectivity index is 1.62. The van der Waals surface area contributed by atoms with E-state index >= 15 is 0 Å². The molecule has 3 rings (SSSR count). The third-order valence-corrected chi connectivity index (χ3v) is 3.50. The number of hydrogen-bond donors (Lipinski definition) is 1. The van der Waals surface area contributed by atoms with Crippen molar-refractivity contribution in [3.8, 4) is 0 Å². The SMILES string of the molecule is CCOC(=O)c1cnc(NC(=O)N2Cc3ccccc3C2)cn1. The van der Waals surface area contributed by atoms with Gasteiger partial charge in [-0.2, -0.15) is 0 Å². The average Bonchev–Trinajstić information content (AvgIpc) is 3.00. The Morgan fingerprint density at radius 1 is 1.17 bits per heavy atom. The van der Waals surface area contributed by atoms with Gasteiger partial charge in [-0.05, 0) is 18.1 Å². The Morgan fingerprint density at radius 3 is 2.43 bits per heavy atom. The summed E-state index contributed by atoms with van der Waals surface area (Å²) in [6.45, 7) is 3.12. The first kappa shape index (κ1) is 15.0. The number of fused-ring (bicyclic) bond motifs is 1. The van der Waals surface area contributed by atoms with Crippen LogP contribution in [0.15, 0.2) is 36.7 Å². The van der Waals surface area contributed by atoms with Crippen LogP contribution in [0.25, 0.3) is 0 Å². The summed E-state index contributed by atoms with van der Waals surface area (Å²) in [5.41, 5.74) is 2.40. The summed E-state index contributed by atoms with van der Waals surface area (Å²) in [7, 11) is 0. The number of nitrogens with one attached hydrogen (secondary N) is 1. The molecule has 1 aliphatic heterocycles. The molecule has 7 heteroatoms. The fraction of sp³-hybridized carbons (Fsp3) is 0.250. The second-order valence-corrected chi connectivity index (χ2v) is 5.06. The lowest BCUT2D eigenvalue weighted by Gasteiger charge is -2.15. The van der Waals surface area contributed by atoms with Crippen molar-refractivity contribution in [2.75, 3.05) is 11.9 Å². The van der Waals surface area contributed by atoms with Crippen LogP contribution in [0.2, 0.25) is 0 Å². The normalized spacial score (nSPS) is 12.7. The molecule has 0 fully saturated rings. The summed E-state index contributed by atoms with van der Waals surface area (Å²) >= 11 is 0. The van der Waals surface area contributed by atoms with Crippen LogP contribution < -0.4 is 5.32 Å². The maximum absolute atomic E-state index is 12.3. The molecule has 1 aromatic carbocycles. The van der Waals surface area contributed by atoms with Gasteiger partial charge in [0.05, 0.1) is 19.0 Å². The van der Waals surface area contributed by atoms with Crippen LogP contribution >= 0.6 is 0 Å². The molecule has 0 aliphatic carbocycles. The molecule has 2 amide bonds. The number of carbonyl (C=O) groups is 2. The van der Waals surface area contributed by atoms with E-state index in [0.717, 1.165) is 11.1 Å². The highest BCUT2D eigenvalue weighted by Gasteiger charge is 2.23. The van der Waals surface area contributed by atoms with E-state index in [1.807, 2.05) is 24.3 Å². The number of carbonyl (C=O) groups excluding carboxylic acids is 2. The Bertz CT molecular complexity index is 705. The maximum Gasteiger partial charge on any atom is 0.358 e. The van der Waals surface area contributed by atoms with Gasteiger partial charge in [0.25, 0.3) is 0 Å². The summed E-state index contributed by atoms with van der Waals surface area (Å²) in [5.74, 6) is -0.244. The van der Waals surface area contributed by atoms with E-state index in [2.05, 4.69) is 15.3 Å². The van der Waals surface area contributed by atoms with Crippen LogP contribution in [0.3, 0.4) is 0 Å². The fourth-order valence-electron chi connectivity index (χ4n) is 2.37. The van der Waals surface area contributed by atoms with Crippen molar-refractivity contribution in [1.82, 2.24) is 14.9 Å². The van der Waals surface area contributed by atoms with Crippen molar-refractivity contribution in [2.24, 2.45) is 0 Å². The number of anilines is 1. The fourth-order valence-corrected chi connectivity index (χ4v) is 2.37. The van der Waals surface area contributed by atoms with Crippen molar-refractivity contribution >= 4 is 17.8 Å². The van der Waals surface area contributed by atoms with Gasteiger partial charge >= 0.3 is 12.0 Å². The Kier molecular flexibility index (Phi) is 4.18. The van der Waals surface area contributed by atoms with Crippen molar-refractivity contribution in [2.45, 2.75) is 20.0 Å². The van der Waals surface area contributed by atoms with Crippen molar-refractivity contribution in [3.63, 3.8) is 0 Å². The first-order valence-corrected chi connectivity index (χ1v) is 7.29. The zero-order chi connectivity index (χ0) is 16.2. The van der Waals surface area contributed by atoms with Gasteiger partial charge in [0.15, 0.2) is 11.5 Å². The predicted molar refractivity (Wildman–Crippen MR) is 82.7 cm³/mol. The molecule has 1 aromatic heterocycles. The molecule has 2 aromatic rings. The Hall–Kier alpha value is -2.96. The van der Waals surface area contributed by atoms with Crippen LogP contribution in [0.4, 0.5) is 10.6 Å². The first-order valence-electron chi connectivity index (χ1n) is 7.29. The molecule has 1 N–H and O–H groups in total. The second kappa shape index (κ2) is 6.43. The van der Waals surface area contributed by atoms with Gasteiger partial charge in [-0.15, -0.1) is 0 Å². The lowest BCUT2D eigenvalue weighted by Crippen LogP contribution is -2.30. The van der Waals surface area contributed by atoms with E-state index in [0.29, 0.717) is 18.9 Å². The van der Waals surface area contributed by atoms with E-state index < -0.39 is 5.97 Å². The minimum atomic E-state index is -0.534. The third kappa shape index (κ3) is 3.28. The number of nitrogens with zero attached hydrogens (tertiary/aromatic N) is 3. The molecule has 0 unspecified atom stereocenters. The van der Waals surface area contributed by atoms with Gasteiger partial charge in [-0.3, -0.25) is 5.32 Å². The van der Waals surface area contributed by atoms with Gasteiger partial charge in [0.2, 0.25) is 0 Å². The van der Waals surface area contributed by atoms with Crippen LogP contribution in [0.1, 0.15) is 28.5 Å². The van der Waals surface area contributed by atoms with E-state index in [1.54, 1.807) is 11.8 Å². The van der Waals surface area contributed by atoms with Crippen molar-refractivity contribution in [1.29, 1.82) is 0 Å².